The van der Waals surface area contributed by atoms with Crippen LogP contribution in [0.25, 0.3) is 5.76 Å². The van der Waals surface area contributed by atoms with Crippen LogP contribution in [0.15, 0.2) is 42.0 Å². The number of rotatable bonds is 13. The largest absolute Gasteiger partial charge is 0.507 e. The molecule has 1 saturated heterocycles. The lowest BCUT2D eigenvalue weighted by Crippen LogP contribution is -2.33. The van der Waals surface area contributed by atoms with E-state index in [9.17, 15) is 14.7 Å². The van der Waals surface area contributed by atoms with E-state index in [4.69, 9.17) is 14.2 Å². The van der Waals surface area contributed by atoms with Gasteiger partial charge in [0.05, 0.1) is 25.3 Å². The number of aliphatic hydroxyl groups excluding tert-OH is 1. The molecule has 41 heavy (non-hydrogen) atoms. The summed E-state index contributed by atoms with van der Waals surface area (Å²) in [5, 5.41) is 11.6. The van der Waals surface area contributed by atoms with Crippen molar-refractivity contribution in [2.24, 2.45) is 5.92 Å². The minimum Gasteiger partial charge on any atom is -0.507 e. The van der Waals surface area contributed by atoms with Crippen molar-refractivity contribution in [3.63, 3.8) is 0 Å². The van der Waals surface area contributed by atoms with Crippen molar-refractivity contribution in [2.45, 2.75) is 66.0 Å². The molecule has 2 aliphatic rings. The zero-order chi connectivity index (χ0) is 29.7. The Morgan fingerprint density at radius 2 is 1.88 bits per heavy atom. The van der Waals surface area contributed by atoms with Crippen LogP contribution in [0.5, 0.6) is 17.2 Å². The average Bonchev–Trinajstić information content (AvgIpc) is 3.45. The van der Waals surface area contributed by atoms with E-state index in [1.54, 1.807) is 18.1 Å². The van der Waals surface area contributed by atoms with Crippen LogP contribution in [-0.2, 0) is 16.0 Å². The van der Waals surface area contributed by atoms with Gasteiger partial charge < -0.3 is 29.1 Å². The Balaban J connectivity index is 1.74. The molecular formula is C33H44N2O6. The van der Waals surface area contributed by atoms with E-state index in [-0.39, 0.29) is 17.4 Å². The Morgan fingerprint density at radius 1 is 1.12 bits per heavy atom. The number of methoxy groups -OCH3 is 1. The predicted octanol–water partition coefficient (Wildman–Crippen LogP) is 5.60. The highest BCUT2D eigenvalue weighted by molar-refractivity contribution is 6.46. The van der Waals surface area contributed by atoms with Crippen LogP contribution < -0.4 is 14.2 Å². The Morgan fingerprint density at radius 3 is 2.56 bits per heavy atom. The predicted molar refractivity (Wildman–Crippen MR) is 160 cm³/mol. The maximum Gasteiger partial charge on any atom is 0.295 e. The lowest BCUT2D eigenvalue weighted by Gasteiger charge is -2.27. The summed E-state index contributed by atoms with van der Waals surface area (Å²) < 4.78 is 17.5. The lowest BCUT2D eigenvalue weighted by atomic mass is 9.94. The summed E-state index contributed by atoms with van der Waals surface area (Å²) in [5.41, 5.74) is 2.23. The maximum absolute atomic E-state index is 13.5. The molecule has 2 aromatic carbocycles. The van der Waals surface area contributed by atoms with E-state index < -0.39 is 17.7 Å². The van der Waals surface area contributed by atoms with E-state index in [2.05, 4.69) is 32.6 Å². The minimum absolute atomic E-state index is 0.0486. The van der Waals surface area contributed by atoms with Gasteiger partial charge in [-0.15, -0.1) is 0 Å². The van der Waals surface area contributed by atoms with E-state index in [0.29, 0.717) is 48.1 Å². The second-order valence-corrected chi connectivity index (χ2v) is 11.3. The number of carbonyl (C=O) groups is 2. The normalized spacial score (nSPS) is 19.7. The molecule has 4 rings (SSSR count). The summed E-state index contributed by atoms with van der Waals surface area (Å²) >= 11 is 0. The molecule has 222 valence electrons. The standard InChI is InChI=1S/C33H44N2O6/c1-7-34(8-2)15-9-16-35-30(23-10-13-27(28(20-23)39-6)40-17-14-21(3)4)29(32(37)33(35)38)31(36)24-11-12-26-25(19-24)18-22(5)41-26/h10-13,19-22,30,36H,7-9,14-18H2,1-6H3/t22-,30+/m0/s1. The Labute approximate surface area is 243 Å². The molecule has 0 aromatic heterocycles. The highest BCUT2D eigenvalue weighted by Gasteiger charge is 2.46. The smallest absolute Gasteiger partial charge is 0.295 e. The molecule has 2 aliphatic heterocycles. The van der Waals surface area contributed by atoms with Crippen LogP contribution in [0, 0.1) is 5.92 Å². The van der Waals surface area contributed by atoms with E-state index in [0.717, 1.165) is 43.8 Å². The quantitative estimate of drug-likeness (QED) is 0.193. The number of benzene rings is 2. The number of carbonyl (C=O) groups excluding carboxylic acids is 2. The Kier molecular flexibility index (Phi) is 9.97. The molecule has 0 unspecified atom stereocenters. The number of ether oxygens (including phenoxy) is 3. The summed E-state index contributed by atoms with van der Waals surface area (Å²) in [5.74, 6) is 0.928. The minimum atomic E-state index is -0.756. The molecular weight excluding hydrogens is 520 g/mol. The number of hydrogen-bond acceptors (Lipinski definition) is 7. The highest BCUT2D eigenvalue weighted by Crippen LogP contribution is 2.43. The van der Waals surface area contributed by atoms with Crippen molar-refractivity contribution < 1.29 is 28.9 Å². The van der Waals surface area contributed by atoms with Crippen LogP contribution in [0.2, 0.25) is 0 Å². The van der Waals surface area contributed by atoms with Crippen molar-refractivity contribution in [1.29, 1.82) is 0 Å². The summed E-state index contributed by atoms with van der Waals surface area (Å²) in [6.45, 7) is 14.0. The second kappa shape index (κ2) is 13.4. The number of fused-ring (bicyclic) bond motifs is 1. The zero-order valence-corrected chi connectivity index (χ0v) is 25.2. The molecule has 2 aromatic rings. The number of hydrogen-bond donors (Lipinski definition) is 1. The summed E-state index contributed by atoms with van der Waals surface area (Å²) in [6, 6.07) is 10.1. The molecule has 2 heterocycles. The van der Waals surface area contributed by atoms with Gasteiger partial charge >= 0.3 is 0 Å². The van der Waals surface area contributed by atoms with Gasteiger partial charge in [-0.25, -0.2) is 0 Å². The topological polar surface area (TPSA) is 88.5 Å². The van der Waals surface area contributed by atoms with Crippen molar-refractivity contribution in [3.05, 3.63) is 58.7 Å². The number of nitrogens with zero attached hydrogens (tertiary/aromatic N) is 2. The molecule has 2 atom stereocenters. The van der Waals surface area contributed by atoms with Gasteiger partial charge in [-0.2, -0.15) is 0 Å². The fraction of sp³-hybridized carbons (Fsp3) is 0.515. The van der Waals surface area contributed by atoms with Gasteiger partial charge in [-0.1, -0.05) is 33.8 Å². The number of likely N-dealkylation sites (tertiary alicyclic amines) is 1. The van der Waals surface area contributed by atoms with Crippen molar-refractivity contribution in [3.8, 4) is 17.2 Å². The van der Waals surface area contributed by atoms with Crippen LogP contribution in [0.1, 0.15) is 70.2 Å². The number of aliphatic hydroxyl groups is 1. The SMILES string of the molecule is CCN(CC)CCCN1C(=O)C(=O)C(=C(O)c2ccc3c(c2)C[C@H](C)O3)[C@H]1c1ccc(OCCC(C)C)c(OC)c1. The molecule has 8 heteroatoms. The van der Waals surface area contributed by atoms with E-state index >= 15 is 0 Å². The zero-order valence-electron chi connectivity index (χ0n) is 25.2. The molecule has 1 amide bonds. The third-order valence-corrected chi connectivity index (χ3v) is 7.93. The molecule has 1 fully saturated rings. The summed E-state index contributed by atoms with van der Waals surface area (Å²) in [7, 11) is 1.57. The van der Waals surface area contributed by atoms with Crippen LogP contribution in [0.3, 0.4) is 0 Å². The molecule has 0 bridgehead atoms. The Hall–Kier alpha value is -3.52. The van der Waals surface area contributed by atoms with Gasteiger partial charge in [0.25, 0.3) is 11.7 Å². The van der Waals surface area contributed by atoms with Crippen LogP contribution in [-0.4, -0.2) is 72.6 Å². The Bertz CT molecular complexity index is 1280. The third kappa shape index (κ3) is 6.70. The van der Waals surface area contributed by atoms with Gasteiger partial charge in [0.1, 0.15) is 17.6 Å². The molecule has 0 saturated carbocycles. The van der Waals surface area contributed by atoms with Gasteiger partial charge in [0, 0.05) is 18.5 Å². The molecule has 1 N–H and O–H groups in total. The third-order valence-electron chi connectivity index (χ3n) is 7.93. The molecule has 0 aliphatic carbocycles. The first kappa shape index (κ1) is 30.4. The average molecular weight is 565 g/mol. The molecule has 0 spiro atoms. The first-order valence-electron chi connectivity index (χ1n) is 14.8. The number of ketones is 1. The monoisotopic (exact) mass is 564 g/mol. The number of Topliss-reactive ketones (excluding diaryl/α,β-unsaturated/α-hetero) is 1. The fourth-order valence-electron chi connectivity index (χ4n) is 5.56. The van der Waals surface area contributed by atoms with Gasteiger partial charge in [0.15, 0.2) is 11.5 Å². The van der Waals surface area contributed by atoms with Crippen LogP contribution >= 0.6 is 0 Å². The van der Waals surface area contributed by atoms with Crippen molar-refractivity contribution in [1.82, 2.24) is 9.80 Å². The molecule has 8 nitrogen and oxygen atoms in total. The summed E-state index contributed by atoms with van der Waals surface area (Å²) in [6.07, 6.45) is 2.37. The fourth-order valence-corrected chi connectivity index (χ4v) is 5.56. The van der Waals surface area contributed by atoms with Crippen LogP contribution in [0.4, 0.5) is 0 Å². The van der Waals surface area contributed by atoms with Crippen molar-refractivity contribution >= 4 is 17.4 Å². The maximum atomic E-state index is 13.5. The first-order valence-corrected chi connectivity index (χ1v) is 14.8. The van der Waals surface area contributed by atoms with Crippen molar-refractivity contribution in [2.75, 3.05) is 39.9 Å². The van der Waals surface area contributed by atoms with E-state index in [1.807, 2.05) is 37.3 Å². The summed E-state index contributed by atoms with van der Waals surface area (Å²) in [4.78, 5) is 30.9. The van der Waals surface area contributed by atoms with E-state index in [1.165, 1.54) is 0 Å². The van der Waals surface area contributed by atoms with Gasteiger partial charge in [-0.05, 0) is 86.8 Å². The van der Waals surface area contributed by atoms with Gasteiger partial charge in [0.2, 0.25) is 0 Å². The second-order valence-electron chi connectivity index (χ2n) is 11.3. The molecule has 0 radical (unpaired) electrons. The van der Waals surface area contributed by atoms with Gasteiger partial charge in [-0.3, -0.25) is 9.59 Å². The lowest BCUT2D eigenvalue weighted by molar-refractivity contribution is -0.140. The number of amides is 1. The first-order chi connectivity index (χ1) is 19.7. The highest BCUT2D eigenvalue weighted by atomic mass is 16.5.